The van der Waals surface area contributed by atoms with Gasteiger partial charge in [-0.15, -0.1) is 0 Å². The number of carboxylic acid groups (broad SMARTS) is 1. The summed E-state index contributed by atoms with van der Waals surface area (Å²) in [7, 11) is 0. The highest BCUT2D eigenvalue weighted by Crippen LogP contribution is 2.25. The Hall–Kier alpha value is -3.57. The van der Waals surface area contributed by atoms with Crippen molar-refractivity contribution in [3.63, 3.8) is 0 Å². The number of carbonyl (C=O) groups excluding carboxylic acids is 1. The van der Waals surface area contributed by atoms with Crippen LogP contribution in [0.5, 0.6) is 0 Å². The minimum absolute atomic E-state index is 0.0369. The van der Waals surface area contributed by atoms with Crippen molar-refractivity contribution in [2.24, 2.45) is 0 Å². The van der Waals surface area contributed by atoms with Crippen molar-refractivity contribution in [1.82, 2.24) is 9.97 Å². The zero-order valence-corrected chi connectivity index (χ0v) is 14.3. The Morgan fingerprint density at radius 3 is 2.29 bits per heavy atom. The summed E-state index contributed by atoms with van der Waals surface area (Å²) in [6.07, 6.45) is -5.23. The molecule has 28 heavy (non-hydrogen) atoms. The number of nitrogens with one attached hydrogen (secondary N) is 1. The number of aromatic nitrogens is 2. The number of alkyl halides is 3. The summed E-state index contributed by atoms with van der Waals surface area (Å²) in [5.41, 5.74) is 10.1. The fourth-order valence-corrected chi connectivity index (χ4v) is 2.47. The van der Waals surface area contributed by atoms with Gasteiger partial charge in [0.1, 0.15) is 5.82 Å². The minimum Gasteiger partial charge on any atom is -0.478 e. The van der Waals surface area contributed by atoms with Gasteiger partial charge in [0.25, 0.3) is 5.56 Å². The van der Waals surface area contributed by atoms with Crippen molar-refractivity contribution in [2.45, 2.75) is 19.0 Å². The van der Waals surface area contributed by atoms with E-state index in [2.05, 4.69) is 9.97 Å². The fraction of sp³-hybridized carbons (Fsp3) is 0.250. The first-order valence-electron chi connectivity index (χ1n) is 7.87. The van der Waals surface area contributed by atoms with E-state index in [1.165, 1.54) is 0 Å². The minimum atomic E-state index is -5.13. The molecule has 0 spiro atoms. The number of benzene rings is 1. The number of carboxylic acids is 1. The van der Waals surface area contributed by atoms with Crippen molar-refractivity contribution in [3.8, 4) is 0 Å². The molecule has 9 nitrogen and oxygen atoms in total. The lowest BCUT2D eigenvalue weighted by molar-refractivity contribution is -0.170. The highest BCUT2D eigenvalue weighted by atomic mass is 19.4. The summed E-state index contributed by atoms with van der Waals surface area (Å²) >= 11 is 0. The van der Waals surface area contributed by atoms with Crippen molar-refractivity contribution in [1.29, 1.82) is 0 Å². The number of anilines is 3. The number of aromatic amines is 1. The number of H-pyrrole nitrogens is 1. The predicted octanol–water partition coefficient (Wildman–Crippen LogP) is 1.16. The third kappa shape index (κ3) is 4.78. The zero-order chi connectivity index (χ0) is 21.1. The van der Waals surface area contributed by atoms with Gasteiger partial charge in [-0.3, -0.25) is 14.6 Å². The Bertz CT molecular complexity index is 941. The molecule has 12 heteroatoms. The summed E-state index contributed by atoms with van der Waals surface area (Å²) in [5, 5.41) is 8.87. The van der Waals surface area contributed by atoms with Crippen LogP contribution in [0.2, 0.25) is 0 Å². The summed E-state index contributed by atoms with van der Waals surface area (Å²) in [5.74, 6) is -3.72. The van der Waals surface area contributed by atoms with Gasteiger partial charge < -0.3 is 21.5 Å². The maximum absolute atomic E-state index is 12.9. The molecule has 0 aliphatic heterocycles. The maximum atomic E-state index is 12.9. The Balaban J connectivity index is 2.22. The Kier molecular flexibility index (Phi) is 5.91. The molecule has 1 aromatic heterocycles. The molecule has 1 amide bonds. The smallest absolute Gasteiger partial charge is 0.471 e. The molecule has 0 unspecified atom stereocenters. The molecule has 0 bridgehead atoms. The van der Waals surface area contributed by atoms with Crippen LogP contribution in [0.15, 0.2) is 29.1 Å². The monoisotopic (exact) mass is 399 g/mol. The molecule has 0 saturated carbocycles. The number of halogens is 3. The number of hydrogen-bond donors (Lipinski definition) is 4. The Morgan fingerprint density at radius 1 is 1.18 bits per heavy atom. The Morgan fingerprint density at radius 2 is 1.79 bits per heavy atom. The highest BCUT2D eigenvalue weighted by Gasteiger charge is 2.42. The summed E-state index contributed by atoms with van der Waals surface area (Å²) in [6.45, 7) is -0.395. The number of rotatable bonds is 6. The van der Waals surface area contributed by atoms with Gasteiger partial charge in [-0.05, 0) is 37.1 Å². The van der Waals surface area contributed by atoms with Gasteiger partial charge in [-0.1, -0.05) is 0 Å². The molecular weight excluding hydrogens is 383 g/mol. The van der Waals surface area contributed by atoms with Gasteiger partial charge in [-0.25, -0.2) is 4.79 Å². The third-order valence-electron chi connectivity index (χ3n) is 3.79. The average Bonchev–Trinajstić information content (AvgIpc) is 2.59. The van der Waals surface area contributed by atoms with Crippen LogP contribution in [0.1, 0.15) is 22.3 Å². The lowest BCUT2D eigenvalue weighted by Crippen LogP contribution is -2.42. The molecule has 0 radical (unpaired) electrons. The second-order valence-electron chi connectivity index (χ2n) is 5.73. The largest absolute Gasteiger partial charge is 0.478 e. The first-order chi connectivity index (χ1) is 13.0. The van der Waals surface area contributed by atoms with E-state index in [1.54, 1.807) is 0 Å². The van der Waals surface area contributed by atoms with E-state index < -0.39 is 30.2 Å². The van der Waals surface area contributed by atoms with Crippen LogP contribution in [-0.4, -0.2) is 39.7 Å². The second-order valence-corrected chi connectivity index (χ2v) is 5.73. The van der Waals surface area contributed by atoms with E-state index in [1.807, 2.05) is 0 Å². The molecule has 2 aromatic rings. The van der Waals surface area contributed by atoms with Crippen LogP contribution in [0.3, 0.4) is 0 Å². The highest BCUT2D eigenvalue weighted by molar-refractivity contribution is 5.97. The fourth-order valence-electron chi connectivity index (χ4n) is 2.47. The number of hydrogen-bond acceptors (Lipinski definition) is 6. The Labute approximate surface area is 155 Å². The van der Waals surface area contributed by atoms with Crippen LogP contribution >= 0.6 is 0 Å². The first kappa shape index (κ1) is 20.7. The SMILES string of the molecule is Nc1nc(N)c(CCCN(C(=O)C(F)(F)F)c2ccc(C(=O)O)cc2)c(=O)[nH]1. The van der Waals surface area contributed by atoms with Crippen molar-refractivity contribution < 1.29 is 27.9 Å². The van der Waals surface area contributed by atoms with E-state index in [0.29, 0.717) is 4.90 Å². The standard InChI is InChI=1S/C16H16F3N5O4/c17-16(18,19)14(28)24(9-5-3-8(4-6-9)13(26)27)7-1-2-10-11(20)22-15(21)23-12(10)25/h3-6H,1-2,7H2,(H,26,27)(H5,20,21,22,23,25). The van der Waals surface area contributed by atoms with Gasteiger partial charge in [0.05, 0.1) is 11.1 Å². The van der Waals surface area contributed by atoms with Crippen LogP contribution in [0.25, 0.3) is 0 Å². The second kappa shape index (κ2) is 7.98. The number of nitrogens with zero attached hydrogens (tertiary/aromatic N) is 2. The average molecular weight is 399 g/mol. The maximum Gasteiger partial charge on any atom is 0.471 e. The van der Waals surface area contributed by atoms with Crippen LogP contribution in [0, 0.1) is 0 Å². The van der Waals surface area contributed by atoms with Crippen LogP contribution < -0.4 is 21.9 Å². The molecule has 0 atom stereocenters. The van der Waals surface area contributed by atoms with Gasteiger partial charge in [0.2, 0.25) is 5.95 Å². The van der Waals surface area contributed by atoms with E-state index in [-0.39, 0.29) is 41.4 Å². The predicted molar refractivity (Wildman–Crippen MR) is 93.8 cm³/mol. The molecule has 150 valence electrons. The van der Waals surface area contributed by atoms with Gasteiger partial charge in [0, 0.05) is 12.2 Å². The number of amides is 1. The number of carbonyl (C=O) groups is 2. The van der Waals surface area contributed by atoms with Gasteiger partial charge in [0.15, 0.2) is 0 Å². The topological polar surface area (TPSA) is 155 Å². The summed E-state index contributed by atoms with van der Waals surface area (Å²) < 4.78 is 38.8. The quantitative estimate of drug-likeness (QED) is 0.568. The van der Waals surface area contributed by atoms with Crippen molar-refractivity contribution in [2.75, 3.05) is 22.9 Å². The van der Waals surface area contributed by atoms with E-state index >= 15 is 0 Å². The van der Waals surface area contributed by atoms with E-state index in [9.17, 15) is 27.6 Å². The van der Waals surface area contributed by atoms with Crippen molar-refractivity contribution in [3.05, 3.63) is 45.7 Å². The third-order valence-corrected chi connectivity index (χ3v) is 3.79. The molecule has 1 heterocycles. The number of nitrogen functional groups attached to an aromatic ring is 2. The first-order valence-corrected chi connectivity index (χ1v) is 7.87. The van der Waals surface area contributed by atoms with E-state index in [4.69, 9.17) is 16.6 Å². The van der Waals surface area contributed by atoms with Crippen molar-refractivity contribution >= 4 is 29.3 Å². The molecule has 6 N–H and O–H groups in total. The molecule has 2 rings (SSSR count). The lowest BCUT2D eigenvalue weighted by Gasteiger charge is -2.24. The molecule has 0 aliphatic rings. The van der Waals surface area contributed by atoms with Crippen LogP contribution in [0.4, 0.5) is 30.6 Å². The normalized spacial score (nSPS) is 11.2. The lowest BCUT2D eigenvalue weighted by atomic mass is 10.1. The molecule has 0 saturated heterocycles. The summed E-state index contributed by atoms with van der Waals surface area (Å²) in [4.78, 5) is 40.8. The summed E-state index contributed by atoms with van der Waals surface area (Å²) in [6, 6.07) is 4.36. The molecule has 0 fully saturated rings. The van der Waals surface area contributed by atoms with E-state index in [0.717, 1.165) is 24.3 Å². The number of nitrogens with two attached hydrogens (primary N) is 2. The molecular formula is C16H16F3N5O4. The van der Waals surface area contributed by atoms with Crippen LogP contribution in [-0.2, 0) is 11.2 Å². The molecule has 0 aliphatic carbocycles. The van der Waals surface area contributed by atoms with Gasteiger partial charge >= 0.3 is 18.1 Å². The van der Waals surface area contributed by atoms with Gasteiger partial charge in [-0.2, -0.15) is 18.2 Å². The molecule has 1 aromatic carbocycles. The number of aromatic carboxylic acids is 1. The zero-order valence-electron chi connectivity index (χ0n) is 14.3.